The molecule has 27 heavy (non-hydrogen) atoms. The highest BCUT2D eigenvalue weighted by Crippen LogP contribution is 2.35. The standard InChI is InChI=1S/C21H22BrFN2O2/c1-25(19(26)17-7-3-4-8-18(17)23)21(13-5-2-6-14-21)20(27)24-16-11-9-15(22)10-12-16/h3-4,7-12H,2,5-6,13-14H2,1H3,(H,24,27). The number of nitrogens with zero attached hydrogens (tertiary/aromatic N) is 1. The van der Waals surface area contributed by atoms with Crippen molar-refractivity contribution in [3.63, 3.8) is 0 Å². The van der Waals surface area contributed by atoms with Crippen LogP contribution in [0.2, 0.25) is 0 Å². The van der Waals surface area contributed by atoms with Crippen LogP contribution in [-0.4, -0.2) is 29.3 Å². The third-order valence-electron chi connectivity index (χ3n) is 5.26. The van der Waals surface area contributed by atoms with E-state index in [4.69, 9.17) is 0 Å². The Kier molecular flexibility index (Phi) is 5.95. The van der Waals surface area contributed by atoms with Crippen LogP contribution in [-0.2, 0) is 4.79 Å². The zero-order valence-electron chi connectivity index (χ0n) is 15.2. The average molecular weight is 433 g/mol. The lowest BCUT2D eigenvalue weighted by molar-refractivity contribution is -0.128. The number of benzene rings is 2. The molecule has 0 aromatic heterocycles. The normalized spacial score (nSPS) is 15.8. The summed E-state index contributed by atoms with van der Waals surface area (Å²) in [5, 5.41) is 2.93. The van der Waals surface area contributed by atoms with Gasteiger partial charge in [0, 0.05) is 17.2 Å². The fourth-order valence-electron chi connectivity index (χ4n) is 3.64. The van der Waals surface area contributed by atoms with E-state index < -0.39 is 17.3 Å². The lowest BCUT2D eigenvalue weighted by Gasteiger charge is -2.43. The number of anilines is 1. The maximum absolute atomic E-state index is 14.1. The summed E-state index contributed by atoms with van der Waals surface area (Å²) < 4.78 is 15.0. The SMILES string of the molecule is CN(C(=O)c1ccccc1F)C1(C(=O)Nc2ccc(Br)cc2)CCCCC1. The van der Waals surface area contributed by atoms with E-state index in [-0.39, 0.29) is 11.5 Å². The molecule has 0 heterocycles. The molecule has 0 spiro atoms. The summed E-state index contributed by atoms with van der Waals surface area (Å²) in [7, 11) is 1.60. The Bertz CT molecular complexity index is 832. The number of likely N-dealkylation sites (N-methyl/N-ethyl adjacent to an activating group) is 1. The Morgan fingerprint density at radius 3 is 2.30 bits per heavy atom. The van der Waals surface area contributed by atoms with Crippen LogP contribution in [0.15, 0.2) is 53.0 Å². The summed E-state index contributed by atoms with van der Waals surface area (Å²) in [6.07, 6.45) is 3.85. The van der Waals surface area contributed by atoms with Gasteiger partial charge in [0.05, 0.1) is 5.56 Å². The summed E-state index contributed by atoms with van der Waals surface area (Å²) in [4.78, 5) is 27.6. The first-order chi connectivity index (χ1) is 12.9. The fraction of sp³-hybridized carbons (Fsp3) is 0.333. The number of rotatable bonds is 4. The maximum Gasteiger partial charge on any atom is 0.257 e. The molecule has 3 rings (SSSR count). The van der Waals surface area contributed by atoms with E-state index in [0.29, 0.717) is 18.5 Å². The predicted octanol–water partition coefficient (Wildman–Crippen LogP) is 5.00. The highest BCUT2D eigenvalue weighted by atomic mass is 79.9. The van der Waals surface area contributed by atoms with Crippen molar-refractivity contribution in [3.8, 4) is 0 Å². The van der Waals surface area contributed by atoms with E-state index in [1.54, 1.807) is 31.3 Å². The van der Waals surface area contributed by atoms with E-state index in [2.05, 4.69) is 21.2 Å². The fourth-order valence-corrected chi connectivity index (χ4v) is 3.91. The lowest BCUT2D eigenvalue weighted by atomic mass is 9.79. The first-order valence-electron chi connectivity index (χ1n) is 9.04. The molecule has 1 N–H and O–H groups in total. The summed E-state index contributed by atoms with van der Waals surface area (Å²) in [6.45, 7) is 0. The van der Waals surface area contributed by atoms with Gasteiger partial charge in [0.2, 0.25) is 5.91 Å². The first kappa shape index (κ1) is 19.5. The smallest absolute Gasteiger partial charge is 0.257 e. The van der Waals surface area contributed by atoms with Gasteiger partial charge in [0.15, 0.2) is 0 Å². The van der Waals surface area contributed by atoms with Crippen LogP contribution < -0.4 is 5.32 Å². The molecule has 1 aliphatic carbocycles. The molecule has 4 nitrogen and oxygen atoms in total. The Hall–Kier alpha value is -2.21. The molecule has 1 fully saturated rings. The summed E-state index contributed by atoms with van der Waals surface area (Å²) in [5.41, 5.74) is -0.327. The molecule has 0 unspecified atom stereocenters. The molecular weight excluding hydrogens is 411 g/mol. The molecule has 0 atom stereocenters. The van der Waals surface area contributed by atoms with E-state index in [1.165, 1.54) is 17.0 Å². The van der Waals surface area contributed by atoms with Gasteiger partial charge in [0.25, 0.3) is 5.91 Å². The number of carbonyl (C=O) groups excluding carboxylic acids is 2. The second kappa shape index (κ2) is 8.21. The van der Waals surface area contributed by atoms with Crippen LogP contribution >= 0.6 is 15.9 Å². The van der Waals surface area contributed by atoms with Crippen molar-refractivity contribution in [2.75, 3.05) is 12.4 Å². The number of halogens is 2. The topological polar surface area (TPSA) is 49.4 Å². The van der Waals surface area contributed by atoms with Gasteiger partial charge in [-0.05, 0) is 49.2 Å². The van der Waals surface area contributed by atoms with Crippen molar-refractivity contribution in [2.45, 2.75) is 37.6 Å². The van der Waals surface area contributed by atoms with Crippen LogP contribution in [0, 0.1) is 5.82 Å². The Labute approximate surface area is 166 Å². The largest absolute Gasteiger partial charge is 0.327 e. The van der Waals surface area contributed by atoms with Crippen molar-refractivity contribution < 1.29 is 14.0 Å². The van der Waals surface area contributed by atoms with E-state index in [9.17, 15) is 14.0 Å². The average Bonchev–Trinajstić information content (AvgIpc) is 2.69. The minimum absolute atomic E-state index is 0.0126. The monoisotopic (exact) mass is 432 g/mol. The number of nitrogens with one attached hydrogen (secondary N) is 1. The van der Waals surface area contributed by atoms with Gasteiger partial charge in [-0.1, -0.05) is 47.3 Å². The summed E-state index contributed by atoms with van der Waals surface area (Å²) in [5.74, 6) is -1.27. The Morgan fingerprint density at radius 2 is 1.67 bits per heavy atom. The molecule has 1 saturated carbocycles. The van der Waals surface area contributed by atoms with Gasteiger partial charge in [-0.2, -0.15) is 0 Å². The zero-order chi connectivity index (χ0) is 19.4. The van der Waals surface area contributed by atoms with E-state index in [1.807, 2.05) is 12.1 Å². The van der Waals surface area contributed by atoms with Crippen molar-refractivity contribution in [1.82, 2.24) is 4.90 Å². The maximum atomic E-state index is 14.1. The quantitative estimate of drug-likeness (QED) is 0.738. The highest BCUT2D eigenvalue weighted by molar-refractivity contribution is 9.10. The Morgan fingerprint density at radius 1 is 1.04 bits per heavy atom. The van der Waals surface area contributed by atoms with Crippen molar-refractivity contribution in [2.24, 2.45) is 0 Å². The second-order valence-corrected chi connectivity index (χ2v) is 7.81. The van der Waals surface area contributed by atoms with E-state index in [0.717, 1.165) is 23.7 Å². The number of carbonyl (C=O) groups is 2. The van der Waals surface area contributed by atoms with E-state index >= 15 is 0 Å². The van der Waals surface area contributed by atoms with Crippen LogP contribution in [0.5, 0.6) is 0 Å². The first-order valence-corrected chi connectivity index (χ1v) is 9.83. The van der Waals surface area contributed by atoms with Crippen molar-refractivity contribution >= 4 is 33.4 Å². The van der Waals surface area contributed by atoms with Crippen LogP contribution in [0.25, 0.3) is 0 Å². The van der Waals surface area contributed by atoms with Crippen molar-refractivity contribution in [1.29, 1.82) is 0 Å². The summed E-state index contributed by atoms with van der Waals surface area (Å²) in [6, 6.07) is 13.2. The van der Waals surface area contributed by atoms with Crippen LogP contribution in [0.1, 0.15) is 42.5 Å². The molecule has 2 amide bonds. The highest BCUT2D eigenvalue weighted by Gasteiger charge is 2.45. The number of hydrogen-bond donors (Lipinski definition) is 1. The van der Waals surface area contributed by atoms with Crippen LogP contribution in [0.4, 0.5) is 10.1 Å². The van der Waals surface area contributed by atoms with Crippen molar-refractivity contribution in [3.05, 3.63) is 64.4 Å². The third kappa shape index (κ3) is 4.05. The predicted molar refractivity (Wildman–Crippen MR) is 107 cm³/mol. The van der Waals surface area contributed by atoms with Crippen LogP contribution in [0.3, 0.4) is 0 Å². The number of hydrogen-bond acceptors (Lipinski definition) is 2. The molecule has 0 saturated heterocycles. The summed E-state index contributed by atoms with van der Waals surface area (Å²) >= 11 is 3.37. The second-order valence-electron chi connectivity index (χ2n) is 6.90. The third-order valence-corrected chi connectivity index (χ3v) is 5.79. The lowest BCUT2D eigenvalue weighted by Crippen LogP contribution is -2.58. The molecule has 142 valence electrons. The van der Waals surface area contributed by atoms with Gasteiger partial charge >= 0.3 is 0 Å². The molecule has 6 heteroatoms. The van der Waals surface area contributed by atoms with Gasteiger partial charge in [-0.3, -0.25) is 9.59 Å². The molecule has 1 aliphatic rings. The van der Waals surface area contributed by atoms with Gasteiger partial charge in [-0.25, -0.2) is 4.39 Å². The minimum Gasteiger partial charge on any atom is -0.327 e. The molecule has 2 aromatic carbocycles. The molecule has 2 aromatic rings. The zero-order valence-corrected chi connectivity index (χ0v) is 16.8. The van der Waals surface area contributed by atoms with Gasteiger partial charge < -0.3 is 10.2 Å². The number of amides is 2. The van der Waals surface area contributed by atoms with Gasteiger partial charge in [0.1, 0.15) is 11.4 Å². The Balaban J connectivity index is 1.89. The molecule has 0 radical (unpaired) electrons. The molecular formula is C21H22BrFN2O2. The molecule has 0 aliphatic heterocycles. The minimum atomic E-state index is -0.981. The van der Waals surface area contributed by atoms with Gasteiger partial charge in [-0.15, -0.1) is 0 Å². The molecule has 0 bridgehead atoms.